The van der Waals surface area contributed by atoms with Crippen molar-refractivity contribution < 1.29 is 27.9 Å². The topological polar surface area (TPSA) is 110 Å². The summed E-state index contributed by atoms with van der Waals surface area (Å²) in [6.07, 6.45) is 3.76. The predicted octanol–water partition coefficient (Wildman–Crippen LogP) is 3.99. The summed E-state index contributed by atoms with van der Waals surface area (Å²) >= 11 is 0. The van der Waals surface area contributed by atoms with Crippen LogP contribution in [0.1, 0.15) is 38.2 Å². The molecule has 2 N–H and O–H groups in total. The molecule has 0 atom stereocenters. The van der Waals surface area contributed by atoms with Crippen LogP contribution in [0.3, 0.4) is 0 Å². The van der Waals surface area contributed by atoms with Gasteiger partial charge in [0.25, 0.3) is 6.47 Å². The van der Waals surface area contributed by atoms with E-state index in [1.165, 1.54) is 17.7 Å². The molecular formula is C20H20F3N5O3. The highest BCUT2D eigenvalue weighted by Crippen LogP contribution is 2.48. The molecule has 0 spiro atoms. The molecule has 3 heterocycles. The number of anilines is 1. The molecular weight excluding hydrogens is 415 g/mol. The molecule has 3 aromatic rings. The highest BCUT2D eigenvalue weighted by Gasteiger charge is 2.46. The first-order valence-electron chi connectivity index (χ1n) is 9.29. The molecule has 1 saturated carbocycles. The summed E-state index contributed by atoms with van der Waals surface area (Å²) in [6.45, 7) is 3.43. The van der Waals surface area contributed by atoms with E-state index >= 15 is 0 Å². The Morgan fingerprint density at radius 3 is 2.52 bits per heavy atom. The van der Waals surface area contributed by atoms with Gasteiger partial charge in [-0.15, -0.1) is 0 Å². The zero-order chi connectivity index (χ0) is 23.0. The average Bonchev–Trinajstić information content (AvgIpc) is 3.28. The monoisotopic (exact) mass is 435 g/mol. The molecule has 1 aliphatic carbocycles. The maximum Gasteiger partial charge on any atom is 0.303 e. The van der Waals surface area contributed by atoms with Crippen molar-refractivity contribution >= 4 is 29.1 Å². The maximum atomic E-state index is 14.9. The Labute approximate surface area is 175 Å². The first-order valence-corrected chi connectivity index (χ1v) is 9.29. The van der Waals surface area contributed by atoms with Crippen LogP contribution in [0.15, 0.2) is 24.5 Å². The number of carbonyl (C=O) groups is 2. The Kier molecular flexibility index (Phi) is 5.70. The van der Waals surface area contributed by atoms with E-state index in [4.69, 9.17) is 9.90 Å². The second kappa shape index (κ2) is 7.97. The zero-order valence-electron chi connectivity index (χ0n) is 17.0. The van der Waals surface area contributed by atoms with Crippen molar-refractivity contribution in [2.75, 3.05) is 5.32 Å². The molecule has 1 fully saturated rings. The van der Waals surface area contributed by atoms with Crippen molar-refractivity contribution in [2.24, 2.45) is 0 Å². The van der Waals surface area contributed by atoms with Gasteiger partial charge in [0.2, 0.25) is 5.91 Å². The first-order chi connectivity index (χ1) is 14.5. The normalized spacial score (nSPS) is 14.5. The minimum Gasteiger partial charge on any atom is -0.483 e. The van der Waals surface area contributed by atoms with E-state index in [2.05, 4.69) is 20.3 Å². The van der Waals surface area contributed by atoms with Crippen LogP contribution in [-0.2, 0) is 21.3 Å². The predicted molar refractivity (Wildman–Crippen MR) is 106 cm³/mol. The fourth-order valence-corrected chi connectivity index (χ4v) is 3.16. The third-order valence-corrected chi connectivity index (χ3v) is 4.61. The SMILES string of the molecule is CC(=O)Nc1cc2c(-c3cc(C)nc(C(C)(F)F)n3)cn(C3(F)CC3)c2cn1.O=CO. The van der Waals surface area contributed by atoms with E-state index in [0.717, 1.165) is 6.92 Å². The van der Waals surface area contributed by atoms with Crippen LogP contribution in [0.4, 0.5) is 19.0 Å². The number of halogens is 3. The van der Waals surface area contributed by atoms with Crippen molar-refractivity contribution in [1.29, 1.82) is 0 Å². The molecule has 0 aliphatic heterocycles. The number of carbonyl (C=O) groups excluding carboxylic acids is 1. The van der Waals surface area contributed by atoms with Crippen molar-refractivity contribution in [3.05, 3.63) is 36.0 Å². The van der Waals surface area contributed by atoms with Crippen molar-refractivity contribution in [2.45, 2.75) is 45.3 Å². The zero-order valence-corrected chi connectivity index (χ0v) is 17.0. The number of rotatable bonds is 4. The van der Waals surface area contributed by atoms with E-state index in [0.29, 0.717) is 35.0 Å². The third kappa shape index (κ3) is 4.65. The maximum absolute atomic E-state index is 14.9. The Bertz CT molecular complexity index is 1150. The van der Waals surface area contributed by atoms with Gasteiger partial charge >= 0.3 is 5.92 Å². The number of nitrogens with one attached hydrogen (secondary N) is 1. The summed E-state index contributed by atoms with van der Waals surface area (Å²) in [5.41, 5.74) is 1.62. The molecule has 0 bridgehead atoms. The summed E-state index contributed by atoms with van der Waals surface area (Å²) in [7, 11) is 0. The smallest absolute Gasteiger partial charge is 0.303 e. The molecule has 31 heavy (non-hydrogen) atoms. The number of aryl methyl sites for hydroxylation is 1. The molecule has 3 aromatic heterocycles. The molecule has 1 aliphatic rings. The van der Waals surface area contributed by atoms with E-state index in [-0.39, 0.29) is 23.9 Å². The Hall–Kier alpha value is -3.50. The number of fused-ring (bicyclic) bond motifs is 1. The lowest BCUT2D eigenvalue weighted by Crippen LogP contribution is -2.14. The van der Waals surface area contributed by atoms with Gasteiger partial charge in [-0.2, -0.15) is 8.78 Å². The second-order valence-corrected chi connectivity index (χ2v) is 7.31. The number of nitrogens with zero attached hydrogens (tertiary/aromatic N) is 4. The summed E-state index contributed by atoms with van der Waals surface area (Å²) in [5.74, 6) is -5.34. The molecule has 1 amide bonds. The fraction of sp³-hybridized carbons (Fsp3) is 0.350. The number of aromatic nitrogens is 4. The highest BCUT2D eigenvalue weighted by atomic mass is 19.3. The average molecular weight is 435 g/mol. The van der Waals surface area contributed by atoms with Gasteiger partial charge in [-0.3, -0.25) is 9.59 Å². The molecule has 0 saturated heterocycles. The van der Waals surface area contributed by atoms with Crippen LogP contribution in [0.5, 0.6) is 0 Å². The molecule has 4 rings (SSSR count). The van der Waals surface area contributed by atoms with Gasteiger partial charge in [0.15, 0.2) is 11.6 Å². The van der Waals surface area contributed by atoms with Crippen LogP contribution < -0.4 is 5.32 Å². The Balaban J connectivity index is 0.000000858. The summed E-state index contributed by atoms with van der Waals surface area (Å²) < 4.78 is 43.9. The number of amides is 1. The van der Waals surface area contributed by atoms with E-state index in [1.807, 2.05) is 0 Å². The van der Waals surface area contributed by atoms with Gasteiger partial charge in [-0.05, 0) is 19.1 Å². The lowest BCUT2D eigenvalue weighted by atomic mass is 10.1. The van der Waals surface area contributed by atoms with Crippen LogP contribution in [0.2, 0.25) is 0 Å². The number of hydrogen-bond donors (Lipinski definition) is 2. The van der Waals surface area contributed by atoms with Gasteiger partial charge < -0.3 is 15.0 Å². The van der Waals surface area contributed by atoms with Crippen LogP contribution in [0, 0.1) is 6.92 Å². The number of hydrogen-bond acceptors (Lipinski definition) is 5. The molecule has 0 unspecified atom stereocenters. The molecule has 164 valence electrons. The van der Waals surface area contributed by atoms with Gasteiger partial charge in [0.05, 0.1) is 17.4 Å². The largest absolute Gasteiger partial charge is 0.483 e. The van der Waals surface area contributed by atoms with Gasteiger partial charge in [-0.1, -0.05) is 0 Å². The quantitative estimate of drug-likeness (QED) is 0.600. The fourth-order valence-electron chi connectivity index (χ4n) is 3.16. The van der Waals surface area contributed by atoms with E-state index in [9.17, 15) is 18.0 Å². The Morgan fingerprint density at radius 2 is 1.97 bits per heavy atom. The number of pyridine rings is 1. The third-order valence-electron chi connectivity index (χ3n) is 4.61. The summed E-state index contributed by atoms with van der Waals surface area (Å²) in [6, 6.07) is 3.17. The van der Waals surface area contributed by atoms with Crippen molar-refractivity contribution in [3.63, 3.8) is 0 Å². The van der Waals surface area contributed by atoms with Gasteiger partial charge in [0, 0.05) is 49.5 Å². The minimum atomic E-state index is -3.21. The van der Waals surface area contributed by atoms with Gasteiger partial charge in [0.1, 0.15) is 5.82 Å². The molecule has 0 radical (unpaired) electrons. The van der Waals surface area contributed by atoms with Crippen LogP contribution in [-0.4, -0.2) is 37.0 Å². The lowest BCUT2D eigenvalue weighted by Gasteiger charge is -2.11. The van der Waals surface area contributed by atoms with Crippen molar-refractivity contribution in [1.82, 2.24) is 19.5 Å². The van der Waals surface area contributed by atoms with E-state index in [1.54, 1.807) is 25.3 Å². The van der Waals surface area contributed by atoms with E-state index < -0.39 is 17.5 Å². The summed E-state index contributed by atoms with van der Waals surface area (Å²) in [5, 5.41) is 10.0. The lowest BCUT2D eigenvalue weighted by molar-refractivity contribution is -0.123. The molecule has 0 aromatic carbocycles. The summed E-state index contributed by atoms with van der Waals surface area (Å²) in [4.78, 5) is 31.7. The molecule has 11 heteroatoms. The standard InChI is InChI=1S/C19H18F3N5O.CH2O2/c1-10-6-14(26-17(24-10)18(3,20)21)13-9-27(19(22)4-5-19)15-8-23-16(7-12(13)15)25-11(2)28;2-1-3/h6-9H,4-5H2,1-3H3,(H,23,25,28);1H,(H,2,3). The second-order valence-electron chi connectivity index (χ2n) is 7.31. The van der Waals surface area contributed by atoms with Crippen LogP contribution in [0.25, 0.3) is 22.2 Å². The first kappa shape index (κ1) is 22.2. The Morgan fingerprint density at radius 1 is 1.32 bits per heavy atom. The number of carboxylic acid groups (broad SMARTS) is 1. The molecule has 8 nitrogen and oxygen atoms in total. The van der Waals surface area contributed by atoms with Gasteiger partial charge in [-0.25, -0.2) is 19.3 Å². The van der Waals surface area contributed by atoms with Crippen molar-refractivity contribution in [3.8, 4) is 11.3 Å². The highest BCUT2D eigenvalue weighted by molar-refractivity contribution is 5.98. The number of alkyl halides is 3. The minimum absolute atomic E-state index is 0.250. The van der Waals surface area contributed by atoms with Crippen LogP contribution >= 0.6 is 0 Å².